The van der Waals surface area contributed by atoms with Crippen LogP contribution in [0.5, 0.6) is 0 Å². The molecule has 2 aromatic rings. The number of ether oxygens (including phenoxy) is 2. The summed E-state index contributed by atoms with van der Waals surface area (Å²) in [6, 6.07) is 16.5. The largest absolute Gasteiger partial charge is 0.464 e. The fourth-order valence-corrected chi connectivity index (χ4v) is 2.31. The molecule has 0 saturated carbocycles. The molecule has 0 heterocycles. The van der Waals surface area contributed by atoms with Gasteiger partial charge in [0.2, 0.25) is 0 Å². The Morgan fingerprint density at radius 2 is 1.88 bits per heavy atom. The number of alkyl carbamates (subject to hydrolysis) is 1. The average Bonchev–Trinajstić information content (AvgIpc) is 2.59. The topological polar surface area (TPSA) is 64.6 Å². The zero-order valence-electron chi connectivity index (χ0n) is 13.0. The Hall–Kier alpha value is -2.60. The Balaban J connectivity index is 2.05. The van der Waals surface area contributed by atoms with Crippen LogP contribution in [-0.2, 0) is 20.9 Å². The predicted octanol–water partition coefficient (Wildman–Crippen LogP) is 3.89. The Bertz CT molecular complexity index is 744. The van der Waals surface area contributed by atoms with E-state index in [0.29, 0.717) is 0 Å². The van der Waals surface area contributed by atoms with Crippen LogP contribution in [0.1, 0.15) is 11.1 Å². The van der Waals surface area contributed by atoms with E-state index in [1.54, 1.807) is 12.1 Å². The highest BCUT2D eigenvalue weighted by Crippen LogP contribution is 2.14. The summed E-state index contributed by atoms with van der Waals surface area (Å²) in [6.45, 7) is 0.109. The van der Waals surface area contributed by atoms with Crippen molar-refractivity contribution in [1.82, 2.24) is 5.32 Å². The van der Waals surface area contributed by atoms with Crippen molar-refractivity contribution >= 4 is 34.1 Å². The van der Waals surface area contributed by atoms with Gasteiger partial charge in [0.1, 0.15) is 12.3 Å². The standard InChI is InChI=1S/C18H16BrNO4/c1-23-17(21)16(11-14-8-5-9-15(19)10-14)20-18(22)24-12-13-6-3-2-4-7-13/h2-11H,12H2,1H3,(H,20,22)/b16-11+. The molecule has 0 unspecified atom stereocenters. The number of halogens is 1. The zero-order valence-corrected chi connectivity index (χ0v) is 14.6. The molecule has 2 rings (SSSR count). The molecule has 24 heavy (non-hydrogen) atoms. The molecular formula is C18H16BrNO4. The quantitative estimate of drug-likeness (QED) is 0.622. The maximum Gasteiger partial charge on any atom is 0.412 e. The summed E-state index contributed by atoms with van der Waals surface area (Å²) >= 11 is 3.35. The Morgan fingerprint density at radius 3 is 2.54 bits per heavy atom. The van der Waals surface area contributed by atoms with Crippen molar-refractivity contribution in [2.45, 2.75) is 6.61 Å². The summed E-state index contributed by atoms with van der Waals surface area (Å²) in [4.78, 5) is 23.8. The van der Waals surface area contributed by atoms with Gasteiger partial charge >= 0.3 is 12.1 Å². The number of carbonyl (C=O) groups excluding carboxylic acids is 2. The molecule has 0 atom stereocenters. The number of benzene rings is 2. The van der Waals surface area contributed by atoms with Gasteiger partial charge in [0.15, 0.2) is 0 Å². The molecule has 0 fully saturated rings. The summed E-state index contributed by atoms with van der Waals surface area (Å²) in [5.74, 6) is -0.661. The molecule has 0 aliphatic carbocycles. The van der Waals surface area contributed by atoms with E-state index in [-0.39, 0.29) is 12.3 Å². The minimum Gasteiger partial charge on any atom is -0.464 e. The molecule has 0 saturated heterocycles. The summed E-state index contributed by atoms with van der Waals surface area (Å²) in [6.07, 6.45) is 0.783. The van der Waals surface area contributed by atoms with Crippen LogP contribution in [0, 0.1) is 0 Å². The van der Waals surface area contributed by atoms with E-state index >= 15 is 0 Å². The third kappa shape index (κ3) is 5.55. The maximum absolute atomic E-state index is 11.9. The van der Waals surface area contributed by atoms with Gasteiger partial charge in [0.05, 0.1) is 7.11 Å². The van der Waals surface area contributed by atoms with Crippen molar-refractivity contribution in [2.24, 2.45) is 0 Å². The maximum atomic E-state index is 11.9. The molecule has 0 aliphatic heterocycles. The van der Waals surface area contributed by atoms with E-state index in [0.717, 1.165) is 15.6 Å². The molecule has 0 spiro atoms. The normalized spacial score (nSPS) is 10.8. The highest BCUT2D eigenvalue weighted by atomic mass is 79.9. The minimum atomic E-state index is -0.731. The van der Waals surface area contributed by atoms with Crippen molar-refractivity contribution in [3.8, 4) is 0 Å². The second kappa shape index (κ2) is 8.88. The molecule has 0 radical (unpaired) electrons. The third-order valence-electron chi connectivity index (χ3n) is 3.01. The van der Waals surface area contributed by atoms with Crippen molar-refractivity contribution in [1.29, 1.82) is 0 Å². The minimum absolute atomic E-state index is 0.00587. The number of esters is 1. The van der Waals surface area contributed by atoms with Crippen LogP contribution in [0.4, 0.5) is 4.79 Å². The molecule has 124 valence electrons. The molecule has 2 aromatic carbocycles. The Morgan fingerprint density at radius 1 is 1.12 bits per heavy atom. The van der Waals surface area contributed by atoms with Gasteiger partial charge in [-0.1, -0.05) is 58.4 Å². The van der Waals surface area contributed by atoms with E-state index in [1.165, 1.54) is 13.2 Å². The number of nitrogens with one attached hydrogen (secondary N) is 1. The number of methoxy groups -OCH3 is 1. The molecule has 5 nitrogen and oxygen atoms in total. The average molecular weight is 390 g/mol. The fraction of sp³-hybridized carbons (Fsp3) is 0.111. The summed E-state index contributed by atoms with van der Waals surface area (Å²) < 4.78 is 10.6. The summed E-state index contributed by atoms with van der Waals surface area (Å²) in [7, 11) is 1.24. The van der Waals surface area contributed by atoms with E-state index in [9.17, 15) is 9.59 Å². The van der Waals surface area contributed by atoms with E-state index in [2.05, 4.69) is 26.0 Å². The lowest BCUT2D eigenvalue weighted by Crippen LogP contribution is -2.28. The number of amides is 1. The fourth-order valence-electron chi connectivity index (χ4n) is 1.89. The van der Waals surface area contributed by atoms with Gasteiger partial charge in [-0.05, 0) is 29.3 Å². The summed E-state index contributed by atoms with van der Waals surface area (Å²) in [5.41, 5.74) is 1.57. The Labute approximate surface area is 148 Å². The van der Waals surface area contributed by atoms with Crippen LogP contribution in [0.25, 0.3) is 6.08 Å². The molecular weight excluding hydrogens is 374 g/mol. The number of rotatable bonds is 5. The van der Waals surface area contributed by atoms with Gasteiger partial charge < -0.3 is 9.47 Å². The van der Waals surface area contributed by atoms with Gasteiger partial charge in [-0.25, -0.2) is 9.59 Å². The second-order valence-electron chi connectivity index (χ2n) is 4.79. The Kier molecular flexibility index (Phi) is 6.57. The molecule has 0 aromatic heterocycles. The molecule has 1 N–H and O–H groups in total. The van der Waals surface area contributed by atoms with Crippen molar-refractivity contribution in [3.05, 3.63) is 75.9 Å². The lowest BCUT2D eigenvalue weighted by atomic mass is 10.2. The van der Waals surface area contributed by atoms with E-state index in [4.69, 9.17) is 4.74 Å². The van der Waals surface area contributed by atoms with E-state index in [1.807, 2.05) is 42.5 Å². The van der Waals surface area contributed by atoms with Crippen LogP contribution in [0.2, 0.25) is 0 Å². The third-order valence-corrected chi connectivity index (χ3v) is 3.51. The van der Waals surface area contributed by atoms with Gasteiger partial charge in [-0.3, -0.25) is 5.32 Å². The highest BCUT2D eigenvalue weighted by Gasteiger charge is 2.14. The molecule has 0 aliphatic rings. The van der Waals surface area contributed by atoms with Crippen LogP contribution in [-0.4, -0.2) is 19.2 Å². The SMILES string of the molecule is COC(=O)/C(=C\c1cccc(Br)c1)NC(=O)OCc1ccccc1. The molecule has 1 amide bonds. The highest BCUT2D eigenvalue weighted by molar-refractivity contribution is 9.10. The van der Waals surface area contributed by atoms with Gasteiger partial charge in [-0.2, -0.15) is 0 Å². The van der Waals surface area contributed by atoms with Crippen molar-refractivity contribution in [2.75, 3.05) is 7.11 Å². The number of hydrogen-bond acceptors (Lipinski definition) is 4. The van der Waals surface area contributed by atoms with Crippen LogP contribution in [0.3, 0.4) is 0 Å². The smallest absolute Gasteiger partial charge is 0.412 e. The first-order valence-corrected chi connectivity index (χ1v) is 7.91. The number of carbonyl (C=O) groups is 2. The van der Waals surface area contributed by atoms with Gasteiger partial charge in [-0.15, -0.1) is 0 Å². The molecule has 0 bridgehead atoms. The van der Waals surface area contributed by atoms with Crippen LogP contribution < -0.4 is 5.32 Å². The van der Waals surface area contributed by atoms with Crippen LogP contribution in [0.15, 0.2) is 64.8 Å². The lowest BCUT2D eigenvalue weighted by molar-refractivity contribution is -0.136. The first-order valence-electron chi connectivity index (χ1n) is 7.12. The summed E-state index contributed by atoms with van der Waals surface area (Å²) in [5, 5.41) is 2.42. The van der Waals surface area contributed by atoms with Gasteiger partial charge in [0.25, 0.3) is 0 Å². The zero-order chi connectivity index (χ0) is 17.4. The molecule has 6 heteroatoms. The first-order chi connectivity index (χ1) is 11.6. The monoisotopic (exact) mass is 389 g/mol. The second-order valence-corrected chi connectivity index (χ2v) is 5.71. The number of hydrogen-bond donors (Lipinski definition) is 1. The first kappa shape index (κ1) is 17.7. The van der Waals surface area contributed by atoms with Gasteiger partial charge in [0, 0.05) is 4.47 Å². The van der Waals surface area contributed by atoms with Crippen molar-refractivity contribution < 1.29 is 19.1 Å². The van der Waals surface area contributed by atoms with Crippen LogP contribution >= 0.6 is 15.9 Å². The van der Waals surface area contributed by atoms with Crippen molar-refractivity contribution in [3.63, 3.8) is 0 Å². The lowest BCUT2D eigenvalue weighted by Gasteiger charge is -2.09. The van der Waals surface area contributed by atoms with E-state index < -0.39 is 12.1 Å². The predicted molar refractivity (Wildman–Crippen MR) is 93.9 cm³/mol.